The van der Waals surface area contributed by atoms with Gasteiger partial charge in [0, 0.05) is 13.0 Å². The lowest BCUT2D eigenvalue weighted by Crippen LogP contribution is -2.22. The Bertz CT molecular complexity index is 432. The molecular weight excluding hydrogens is 266 g/mol. The van der Waals surface area contributed by atoms with Crippen molar-refractivity contribution in [1.29, 1.82) is 0 Å². The molecule has 1 aromatic rings. The number of carbonyl (C=O) groups is 1. The SMILES string of the molecule is CCCCCCCC(=O)NCc1ccc(O)c(OCC)c1. The maximum absolute atomic E-state index is 11.7. The van der Waals surface area contributed by atoms with Crippen LogP contribution < -0.4 is 10.1 Å². The van der Waals surface area contributed by atoms with E-state index < -0.39 is 0 Å². The maximum Gasteiger partial charge on any atom is 0.220 e. The number of phenols is 1. The van der Waals surface area contributed by atoms with E-state index in [2.05, 4.69) is 12.2 Å². The van der Waals surface area contributed by atoms with E-state index >= 15 is 0 Å². The molecule has 1 amide bonds. The topological polar surface area (TPSA) is 58.6 Å². The monoisotopic (exact) mass is 293 g/mol. The molecule has 4 nitrogen and oxygen atoms in total. The molecule has 21 heavy (non-hydrogen) atoms. The highest BCUT2D eigenvalue weighted by Gasteiger charge is 2.05. The molecule has 1 aromatic carbocycles. The molecule has 0 fully saturated rings. The third-order valence-corrected chi connectivity index (χ3v) is 3.32. The zero-order chi connectivity index (χ0) is 15.5. The van der Waals surface area contributed by atoms with Crippen LogP contribution in [0, 0.1) is 0 Å². The summed E-state index contributed by atoms with van der Waals surface area (Å²) in [6.45, 7) is 5.02. The van der Waals surface area contributed by atoms with Crippen LogP contribution in [0.4, 0.5) is 0 Å². The van der Waals surface area contributed by atoms with Gasteiger partial charge in [-0.15, -0.1) is 0 Å². The number of phenolic OH excluding ortho intramolecular Hbond substituents is 1. The van der Waals surface area contributed by atoms with Gasteiger partial charge in [-0.05, 0) is 31.0 Å². The van der Waals surface area contributed by atoms with Crippen LogP contribution in [0.1, 0.15) is 57.9 Å². The van der Waals surface area contributed by atoms with Crippen LogP contribution in [0.3, 0.4) is 0 Å². The van der Waals surface area contributed by atoms with Gasteiger partial charge in [0.1, 0.15) is 0 Å². The zero-order valence-corrected chi connectivity index (χ0v) is 13.2. The van der Waals surface area contributed by atoms with Crippen LogP contribution in [0.15, 0.2) is 18.2 Å². The van der Waals surface area contributed by atoms with E-state index in [1.807, 2.05) is 6.92 Å². The average Bonchev–Trinajstić information content (AvgIpc) is 2.48. The molecule has 0 atom stereocenters. The Morgan fingerprint density at radius 1 is 1.19 bits per heavy atom. The van der Waals surface area contributed by atoms with E-state index in [1.165, 1.54) is 19.3 Å². The Kier molecular flexibility index (Phi) is 8.32. The summed E-state index contributed by atoms with van der Waals surface area (Å²) in [6.07, 6.45) is 6.32. The van der Waals surface area contributed by atoms with Gasteiger partial charge in [-0.25, -0.2) is 0 Å². The molecule has 0 aromatic heterocycles. The van der Waals surface area contributed by atoms with Crippen molar-refractivity contribution >= 4 is 5.91 Å². The molecule has 0 spiro atoms. The third kappa shape index (κ3) is 7.02. The van der Waals surface area contributed by atoms with Gasteiger partial charge in [0.15, 0.2) is 11.5 Å². The third-order valence-electron chi connectivity index (χ3n) is 3.32. The number of ether oxygens (including phenoxy) is 1. The standard InChI is InChI=1S/C17H27NO3/c1-3-5-6-7-8-9-17(20)18-13-14-10-11-15(19)16(12-14)21-4-2/h10-12,19H,3-9,13H2,1-2H3,(H,18,20). The van der Waals surface area contributed by atoms with Crippen molar-refractivity contribution in [2.45, 2.75) is 58.9 Å². The second kappa shape index (κ2) is 10.1. The number of carbonyl (C=O) groups excluding carboxylic acids is 1. The first-order valence-electron chi connectivity index (χ1n) is 7.88. The number of aromatic hydroxyl groups is 1. The Morgan fingerprint density at radius 2 is 1.95 bits per heavy atom. The number of hydrogen-bond donors (Lipinski definition) is 2. The van der Waals surface area contributed by atoms with Crippen molar-refractivity contribution in [2.75, 3.05) is 6.61 Å². The Hall–Kier alpha value is -1.71. The predicted octanol–water partition coefficient (Wildman–Crippen LogP) is 3.77. The van der Waals surface area contributed by atoms with Gasteiger partial charge >= 0.3 is 0 Å². The lowest BCUT2D eigenvalue weighted by molar-refractivity contribution is -0.121. The van der Waals surface area contributed by atoms with Crippen molar-refractivity contribution in [3.05, 3.63) is 23.8 Å². The van der Waals surface area contributed by atoms with Crippen molar-refractivity contribution in [1.82, 2.24) is 5.32 Å². The largest absolute Gasteiger partial charge is 0.504 e. The van der Waals surface area contributed by atoms with Gasteiger partial charge in [0.05, 0.1) is 6.61 Å². The van der Waals surface area contributed by atoms with Crippen molar-refractivity contribution in [2.24, 2.45) is 0 Å². The molecule has 2 N–H and O–H groups in total. The molecule has 0 aliphatic heterocycles. The Labute approximate surface area is 127 Å². The highest BCUT2D eigenvalue weighted by molar-refractivity contribution is 5.75. The molecular formula is C17H27NO3. The number of benzene rings is 1. The summed E-state index contributed by atoms with van der Waals surface area (Å²) in [5, 5.41) is 12.5. The Morgan fingerprint density at radius 3 is 2.67 bits per heavy atom. The fraction of sp³-hybridized carbons (Fsp3) is 0.588. The smallest absolute Gasteiger partial charge is 0.220 e. The average molecular weight is 293 g/mol. The second-order valence-electron chi connectivity index (χ2n) is 5.18. The van der Waals surface area contributed by atoms with E-state index in [0.717, 1.165) is 18.4 Å². The summed E-state index contributed by atoms with van der Waals surface area (Å²) < 4.78 is 5.32. The maximum atomic E-state index is 11.7. The highest BCUT2D eigenvalue weighted by atomic mass is 16.5. The van der Waals surface area contributed by atoms with Gasteiger partial charge in [-0.1, -0.05) is 38.7 Å². The summed E-state index contributed by atoms with van der Waals surface area (Å²) >= 11 is 0. The van der Waals surface area contributed by atoms with Gasteiger partial charge < -0.3 is 15.2 Å². The van der Waals surface area contributed by atoms with Gasteiger partial charge in [0.25, 0.3) is 0 Å². The molecule has 0 aliphatic rings. The molecule has 0 heterocycles. The number of nitrogens with one attached hydrogen (secondary N) is 1. The minimum atomic E-state index is 0.0810. The Balaban J connectivity index is 2.30. The lowest BCUT2D eigenvalue weighted by atomic mass is 10.1. The van der Waals surface area contributed by atoms with Crippen LogP contribution in [-0.2, 0) is 11.3 Å². The lowest BCUT2D eigenvalue weighted by Gasteiger charge is -2.09. The summed E-state index contributed by atoms with van der Waals surface area (Å²) in [4.78, 5) is 11.7. The van der Waals surface area contributed by atoms with Crippen LogP contribution in [0.2, 0.25) is 0 Å². The first-order valence-corrected chi connectivity index (χ1v) is 7.88. The van der Waals surface area contributed by atoms with Crippen LogP contribution >= 0.6 is 0 Å². The quantitative estimate of drug-likeness (QED) is 0.646. The van der Waals surface area contributed by atoms with Crippen molar-refractivity contribution in [3.8, 4) is 11.5 Å². The first kappa shape index (κ1) is 17.3. The zero-order valence-electron chi connectivity index (χ0n) is 13.2. The number of amides is 1. The number of hydrogen-bond acceptors (Lipinski definition) is 3. The van der Waals surface area contributed by atoms with Crippen LogP contribution in [0.25, 0.3) is 0 Å². The van der Waals surface area contributed by atoms with E-state index in [1.54, 1.807) is 18.2 Å². The fourth-order valence-electron chi connectivity index (χ4n) is 2.12. The van der Waals surface area contributed by atoms with Crippen LogP contribution in [-0.4, -0.2) is 17.6 Å². The summed E-state index contributed by atoms with van der Waals surface area (Å²) in [5.74, 6) is 0.671. The fourth-order valence-corrected chi connectivity index (χ4v) is 2.12. The number of rotatable bonds is 10. The summed E-state index contributed by atoms with van der Waals surface area (Å²) in [7, 11) is 0. The molecule has 0 aliphatic carbocycles. The predicted molar refractivity (Wildman–Crippen MR) is 84.5 cm³/mol. The van der Waals surface area contributed by atoms with E-state index in [-0.39, 0.29) is 11.7 Å². The van der Waals surface area contributed by atoms with Crippen molar-refractivity contribution in [3.63, 3.8) is 0 Å². The number of unbranched alkanes of at least 4 members (excludes halogenated alkanes) is 4. The molecule has 1 rings (SSSR count). The van der Waals surface area contributed by atoms with Crippen molar-refractivity contribution < 1.29 is 14.6 Å². The highest BCUT2D eigenvalue weighted by Crippen LogP contribution is 2.26. The normalized spacial score (nSPS) is 10.4. The molecule has 118 valence electrons. The summed E-state index contributed by atoms with van der Waals surface area (Å²) in [5.41, 5.74) is 0.926. The molecule has 0 saturated heterocycles. The van der Waals surface area contributed by atoms with Gasteiger partial charge in [0.2, 0.25) is 5.91 Å². The summed E-state index contributed by atoms with van der Waals surface area (Å²) in [6, 6.07) is 5.15. The molecule has 0 saturated carbocycles. The minimum Gasteiger partial charge on any atom is -0.504 e. The minimum absolute atomic E-state index is 0.0810. The van der Waals surface area contributed by atoms with E-state index in [9.17, 15) is 9.90 Å². The van der Waals surface area contributed by atoms with E-state index in [0.29, 0.717) is 25.3 Å². The van der Waals surface area contributed by atoms with Gasteiger partial charge in [-0.3, -0.25) is 4.79 Å². The molecule has 0 unspecified atom stereocenters. The van der Waals surface area contributed by atoms with Gasteiger partial charge in [-0.2, -0.15) is 0 Å². The molecule has 4 heteroatoms. The van der Waals surface area contributed by atoms with E-state index in [4.69, 9.17) is 4.74 Å². The van der Waals surface area contributed by atoms with Crippen LogP contribution in [0.5, 0.6) is 11.5 Å². The second-order valence-corrected chi connectivity index (χ2v) is 5.18. The first-order chi connectivity index (χ1) is 10.2. The molecule has 0 bridgehead atoms. The molecule has 0 radical (unpaired) electrons.